The maximum absolute atomic E-state index is 5.40. The average molecular weight is 254 g/mol. The minimum Gasteiger partial charge on any atom is -0.300 e. The molecule has 2 unspecified atom stereocenters. The number of nitrogens with zero attached hydrogens (tertiary/aromatic N) is 3. The summed E-state index contributed by atoms with van der Waals surface area (Å²) in [7, 11) is 0. The number of aromatic nitrogens is 2. The zero-order chi connectivity index (χ0) is 12.3. The predicted molar refractivity (Wildman–Crippen MR) is 74.2 cm³/mol. The number of hydrogen-bond donors (Lipinski definition) is 0. The van der Waals surface area contributed by atoms with Crippen molar-refractivity contribution in [2.75, 3.05) is 4.90 Å². The van der Waals surface area contributed by atoms with Gasteiger partial charge in [0.2, 0.25) is 5.95 Å². The number of fused-ring (bicyclic) bond motifs is 3. The first-order chi connectivity index (χ1) is 8.72. The third-order valence-corrected chi connectivity index (χ3v) is 4.04. The molecule has 2 atom stereocenters. The van der Waals surface area contributed by atoms with Crippen LogP contribution in [-0.2, 0) is 0 Å². The van der Waals surface area contributed by atoms with Crippen molar-refractivity contribution >= 4 is 24.3 Å². The lowest BCUT2D eigenvalue weighted by Gasteiger charge is -2.36. The highest BCUT2D eigenvalue weighted by Gasteiger charge is 2.47. The second-order valence-corrected chi connectivity index (χ2v) is 5.32. The fourth-order valence-corrected chi connectivity index (χ4v) is 3.15. The van der Waals surface area contributed by atoms with Gasteiger partial charge in [0.05, 0.1) is 11.9 Å². The van der Waals surface area contributed by atoms with Crippen LogP contribution in [0, 0.1) is 5.92 Å². The van der Waals surface area contributed by atoms with Crippen LogP contribution in [0.5, 0.6) is 0 Å². The topological polar surface area (TPSA) is 21.1 Å². The molecule has 0 bridgehead atoms. The third-order valence-electron chi connectivity index (χ3n) is 3.75. The van der Waals surface area contributed by atoms with Gasteiger partial charge in [-0.1, -0.05) is 43.9 Å². The van der Waals surface area contributed by atoms with Gasteiger partial charge < -0.3 is 0 Å². The Kier molecular flexibility index (Phi) is 1.77. The Morgan fingerprint density at radius 1 is 1.33 bits per heavy atom. The first kappa shape index (κ1) is 10.1. The molecule has 0 fully saturated rings. The summed E-state index contributed by atoms with van der Waals surface area (Å²) in [5, 5.41) is 0.773. The smallest absolute Gasteiger partial charge is 0.216 e. The molecule has 0 aromatic carbocycles. The van der Waals surface area contributed by atoms with E-state index in [0.29, 0.717) is 5.92 Å². The van der Waals surface area contributed by atoms with Crippen LogP contribution in [0.1, 0.15) is 6.92 Å². The minimum absolute atomic E-state index is 0.224. The van der Waals surface area contributed by atoms with Crippen molar-refractivity contribution in [2.45, 2.75) is 17.5 Å². The molecule has 18 heavy (non-hydrogen) atoms. The van der Waals surface area contributed by atoms with E-state index in [0.717, 1.165) is 11.0 Å². The first-order valence-corrected chi connectivity index (χ1v) is 6.45. The van der Waals surface area contributed by atoms with Gasteiger partial charge in [0.15, 0.2) is 0 Å². The monoisotopic (exact) mass is 254 g/mol. The molecule has 1 aromatic rings. The summed E-state index contributed by atoms with van der Waals surface area (Å²) < 4.78 is 2.08. The van der Waals surface area contributed by atoms with Gasteiger partial charge >= 0.3 is 0 Å². The quantitative estimate of drug-likeness (QED) is 0.663. The molecule has 3 nitrogen and oxygen atoms in total. The van der Waals surface area contributed by atoms with E-state index in [1.165, 1.54) is 5.70 Å². The van der Waals surface area contributed by atoms with Gasteiger partial charge in [-0.15, -0.1) is 0 Å². The molecule has 1 spiro atoms. The van der Waals surface area contributed by atoms with Gasteiger partial charge in [-0.05, 0) is 18.1 Å². The molecule has 4 heteroatoms. The van der Waals surface area contributed by atoms with E-state index in [2.05, 4.69) is 58.0 Å². The summed E-state index contributed by atoms with van der Waals surface area (Å²) in [5.41, 5.74) is 0.980. The molecule has 1 aromatic heterocycles. The van der Waals surface area contributed by atoms with Crippen LogP contribution in [0.2, 0.25) is 0 Å². The Labute approximate surface area is 111 Å². The van der Waals surface area contributed by atoms with Crippen molar-refractivity contribution in [1.29, 1.82) is 0 Å². The summed E-state index contributed by atoms with van der Waals surface area (Å²) in [4.78, 5) is 6.63. The van der Waals surface area contributed by atoms with Gasteiger partial charge in [-0.2, -0.15) is 0 Å². The molecule has 3 heterocycles. The molecule has 1 aliphatic carbocycles. The van der Waals surface area contributed by atoms with Crippen molar-refractivity contribution in [1.82, 2.24) is 9.55 Å². The number of imidazole rings is 1. The third kappa shape index (κ3) is 1.02. The minimum atomic E-state index is -0.224. The van der Waals surface area contributed by atoms with Crippen molar-refractivity contribution in [3.05, 3.63) is 48.9 Å². The maximum Gasteiger partial charge on any atom is 0.216 e. The van der Waals surface area contributed by atoms with Gasteiger partial charge in [-0.25, -0.2) is 4.98 Å². The summed E-state index contributed by atoms with van der Waals surface area (Å²) >= 11 is 5.40. The average Bonchev–Trinajstić information content (AvgIpc) is 2.87. The zero-order valence-corrected chi connectivity index (χ0v) is 10.8. The summed E-state index contributed by atoms with van der Waals surface area (Å²) in [6.45, 7) is 2.18. The highest BCUT2D eigenvalue weighted by atomic mass is 32.1. The molecule has 1 radical (unpaired) electrons. The lowest BCUT2D eigenvalue weighted by molar-refractivity contribution is 0.750. The zero-order valence-electron chi connectivity index (χ0n) is 9.95. The van der Waals surface area contributed by atoms with E-state index in [-0.39, 0.29) is 5.54 Å². The van der Waals surface area contributed by atoms with Crippen LogP contribution in [-0.4, -0.2) is 15.1 Å². The molecular weight excluding hydrogens is 242 g/mol. The Morgan fingerprint density at radius 3 is 3.11 bits per heavy atom. The Balaban J connectivity index is 2.05. The normalized spacial score (nSPS) is 31.1. The second-order valence-electron chi connectivity index (χ2n) is 4.90. The lowest BCUT2D eigenvalue weighted by Crippen LogP contribution is -2.42. The van der Waals surface area contributed by atoms with E-state index in [4.69, 9.17) is 12.6 Å². The van der Waals surface area contributed by atoms with E-state index < -0.39 is 0 Å². The molecule has 0 saturated heterocycles. The molecule has 3 aliphatic rings. The number of hydrogen-bond acceptors (Lipinski definition) is 2. The van der Waals surface area contributed by atoms with Gasteiger partial charge in [-0.3, -0.25) is 9.47 Å². The van der Waals surface area contributed by atoms with Crippen molar-refractivity contribution in [3.63, 3.8) is 0 Å². The maximum atomic E-state index is 5.40. The van der Waals surface area contributed by atoms with E-state index in [1.54, 1.807) is 6.20 Å². The Bertz CT molecular complexity index is 650. The number of anilines is 1. The van der Waals surface area contributed by atoms with E-state index >= 15 is 0 Å². The van der Waals surface area contributed by atoms with E-state index in [9.17, 15) is 0 Å². The van der Waals surface area contributed by atoms with Gasteiger partial charge in [0.1, 0.15) is 10.6 Å². The number of allylic oxidation sites excluding steroid dienone is 4. The highest BCUT2D eigenvalue weighted by Crippen LogP contribution is 2.48. The SMILES string of the molecule is CC1C=CC23C=CC=CN2c2ncc([S])n2C3=C1. The summed E-state index contributed by atoms with van der Waals surface area (Å²) in [6, 6.07) is 0. The molecule has 0 amide bonds. The molecule has 4 rings (SSSR count). The largest absolute Gasteiger partial charge is 0.300 e. The number of rotatable bonds is 0. The van der Waals surface area contributed by atoms with Crippen LogP contribution in [0.25, 0.3) is 5.70 Å². The fourth-order valence-electron chi connectivity index (χ4n) is 2.92. The molecule has 0 saturated carbocycles. The highest BCUT2D eigenvalue weighted by molar-refractivity contribution is 7.80. The molecule has 89 valence electrons. The molecular formula is C14H12N3S. The molecule has 2 aliphatic heterocycles. The Morgan fingerprint density at radius 2 is 2.22 bits per heavy atom. The Hall–Kier alpha value is -1.81. The van der Waals surface area contributed by atoms with Crippen molar-refractivity contribution < 1.29 is 0 Å². The standard InChI is InChI=1S/C14H12N3S/c1-10-4-6-14-5-2-3-7-16(14)13-15-9-12(18)17(13)11(14)8-10/h2-10H,1H3. The van der Waals surface area contributed by atoms with Crippen LogP contribution in [0.3, 0.4) is 0 Å². The fraction of sp³-hybridized carbons (Fsp3) is 0.214. The van der Waals surface area contributed by atoms with Gasteiger partial charge in [0, 0.05) is 6.20 Å². The van der Waals surface area contributed by atoms with Gasteiger partial charge in [0.25, 0.3) is 0 Å². The summed E-state index contributed by atoms with van der Waals surface area (Å²) in [6.07, 6.45) is 16.9. The predicted octanol–water partition coefficient (Wildman–Crippen LogP) is 3.13. The van der Waals surface area contributed by atoms with Crippen LogP contribution >= 0.6 is 12.6 Å². The van der Waals surface area contributed by atoms with Crippen molar-refractivity contribution in [3.8, 4) is 0 Å². The second kappa shape index (κ2) is 3.14. The van der Waals surface area contributed by atoms with Crippen molar-refractivity contribution in [2.24, 2.45) is 5.92 Å². The van der Waals surface area contributed by atoms with E-state index in [1.807, 2.05) is 6.08 Å². The van der Waals surface area contributed by atoms with Crippen LogP contribution < -0.4 is 4.90 Å². The van der Waals surface area contributed by atoms with Crippen LogP contribution in [0.15, 0.2) is 53.9 Å². The lowest BCUT2D eigenvalue weighted by atomic mass is 9.85. The molecule has 0 N–H and O–H groups in total. The van der Waals surface area contributed by atoms with Crippen LogP contribution in [0.4, 0.5) is 5.95 Å². The summed E-state index contributed by atoms with van der Waals surface area (Å²) in [5.74, 6) is 1.33. The first-order valence-electron chi connectivity index (χ1n) is 6.04.